The molecule has 0 saturated heterocycles. The van der Waals surface area contributed by atoms with E-state index in [4.69, 9.17) is 9.97 Å². The first-order valence-electron chi connectivity index (χ1n) is 17.8. The molecule has 4 aromatic heterocycles. The first-order valence-corrected chi connectivity index (χ1v) is 17.8. The van der Waals surface area contributed by atoms with E-state index in [0.717, 1.165) is 50.0 Å². The summed E-state index contributed by atoms with van der Waals surface area (Å²) in [5.41, 5.74) is 11.2. The van der Waals surface area contributed by atoms with E-state index in [1.807, 2.05) is 6.07 Å². The molecule has 0 aliphatic carbocycles. The molecule has 240 valence electrons. The van der Waals surface area contributed by atoms with Crippen molar-refractivity contribution in [3.63, 3.8) is 0 Å². The van der Waals surface area contributed by atoms with Crippen LogP contribution < -0.4 is 0 Å². The minimum Gasteiger partial charge on any atom is -0.309 e. The van der Waals surface area contributed by atoms with E-state index in [0.29, 0.717) is 0 Å². The minimum absolute atomic E-state index is 0.724. The maximum absolute atomic E-state index is 5.27. The summed E-state index contributed by atoms with van der Waals surface area (Å²) in [5, 5.41) is 10.9. The van der Waals surface area contributed by atoms with E-state index in [2.05, 4.69) is 173 Å². The Hall–Kier alpha value is -7.04. The van der Waals surface area contributed by atoms with Crippen molar-refractivity contribution in [3.8, 4) is 28.3 Å². The summed E-state index contributed by atoms with van der Waals surface area (Å²) in [5.74, 6) is 0.724. The van der Waals surface area contributed by atoms with E-state index < -0.39 is 0 Å². The van der Waals surface area contributed by atoms with Crippen LogP contribution in [0.2, 0.25) is 0 Å². The highest BCUT2D eigenvalue weighted by molar-refractivity contribution is 6.33. The molecule has 52 heavy (non-hydrogen) atoms. The summed E-state index contributed by atoms with van der Waals surface area (Å²) in [4.78, 5) is 10.4. The quantitative estimate of drug-likeness (QED) is 0.189. The van der Waals surface area contributed by atoms with Gasteiger partial charge in [-0.15, -0.1) is 0 Å². The van der Waals surface area contributed by atoms with Gasteiger partial charge >= 0.3 is 0 Å². The van der Waals surface area contributed by atoms with Gasteiger partial charge in [-0.3, -0.25) is 0 Å². The number of rotatable bonds is 3. The SMILES string of the molecule is c1ccc(-c2nc(-c3ccc(-n4c5cccc6c7ccccc7n7c8ccccc8c8ccc4c(c65)c87)c4ccccc34)nc3ccccc23)cc1. The number of fused-ring (bicyclic) bond motifs is 8. The van der Waals surface area contributed by atoms with Crippen molar-refractivity contribution in [2.45, 2.75) is 0 Å². The summed E-state index contributed by atoms with van der Waals surface area (Å²) in [6, 6.07) is 61.1. The molecule has 8 aromatic carbocycles. The molecule has 0 amide bonds. The van der Waals surface area contributed by atoms with E-state index in [1.54, 1.807) is 0 Å². The third-order valence-electron chi connectivity index (χ3n) is 11.1. The van der Waals surface area contributed by atoms with Crippen LogP contribution in [0.4, 0.5) is 0 Å². The Morgan fingerprint density at radius 1 is 0.365 bits per heavy atom. The number of para-hydroxylation sites is 3. The Kier molecular flexibility index (Phi) is 5.47. The van der Waals surface area contributed by atoms with Crippen molar-refractivity contribution < 1.29 is 0 Å². The molecule has 0 N–H and O–H groups in total. The van der Waals surface area contributed by atoms with Gasteiger partial charge in [0.2, 0.25) is 0 Å². The van der Waals surface area contributed by atoms with Gasteiger partial charge < -0.3 is 8.97 Å². The zero-order valence-corrected chi connectivity index (χ0v) is 28.0. The van der Waals surface area contributed by atoms with Gasteiger partial charge in [-0.2, -0.15) is 0 Å². The van der Waals surface area contributed by atoms with Crippen LogP contribution in [0.5, 0.6) is 0 Å². The third-order valence-corrected chi connectivity index (χ3v) is 11.1. The van der Waals surface area contributed by atoms with Crippen molar-refractivity contribution in [3.05, 3.63) is 170 Å². The maximum Gasteiger partial charge on any atom is 0.161 e. The Morgan fingerprint density at radius 3 is 1.79 bits per heavy atom. The number of hydrogen-bond acceptors (Lipinski definition) is 2. The molecule has 0 fully saturated rings. The number of nitrogens with zero attached hydrogens (tertiary/aromatic N) is 4. The van der Waals surface area contributed by atoms with E-state index in [-0.39, 0.29) is 0 Å². The lowest BCUT2D eigenvalue weighted by atomic mass is 10.0. The summed E-state index contributed by atoms with van der Waals surface area (Å²) < 4.78 is 4.97. The van der Waals surface area contributed by atoms with Gasteiger partial charge in [0, 0.05) is 48.8 Å². The van der Waals surface area contributed by atoms with Gasteiger partial charge in [-0.1, -0.05) is 127 Å². The predicted molar refractivity (Wildman–Crippen MR) is 217 cm³/mol. The molecule has 4 nitrogen and oxygen atoms in total. The topological polar surface area (TPSA) is 35.1 Å². The molecule has 12 rings (SSSR count). The Morgan fingerprint density at radius 2 is 0.981 bits per heavy atom. The number of hydrogen-bond donors (Lipinski definition) is 0. The fourth-order valence-corrected chi connectivity index (χ4v) is 8.92. The number of benzene rings is 8. The monoisotopic (exact) mass is 660 g/mol. The van der Waals surface area contributed by atoms with Crippen LogP contribution in [0, 0.1) is 0 Å². The first kappa shape index (κ1) is 27.7. The maximum atomic E-state index is 5.27. The molecule has 0 unspecified atom stereocenters. The molecule has 0 spiro atoms. The van der Waals surface area contributed by atoms with Crippen molar-refractivity contribution in [2.24, 2.45) is 0 Å². The summed E-state index contributed by atoms with van der Waals surface area (Å²) in [6.45, 7) is 0. The predicted octanol–water partition coefficient (Wildman–Crippen LogP) is 12.4. The largest absolute Gasteiger partial charge is 0.309 e. The lowest BCUT2D eigenvalue weighted by molar-refractivity contribution is 1.19. The van der Waals surface area contributed by atoms with Gasteiger partial charge in [0.1, 0.15) is 0 Å². The highest BCUT2D eigenvalue weighted by Gasteiger charge is 2.24. The number of aromatic nitrogens is 4. The summed E-state index contributed by atoms with van der Waals surface area (Å²) in [6.07, 6.45) is 0. The van der Waals surface area contributed by atoms with Crippen LogP contribution in [0.3, 0.4) is 0 Å². The highest BCUT2D eigenvalue weighted by atomic mass is 15.0. The molecule has 0 bridgehead atoms. The van der Waals surface area contributed by atoms with Crippen LogP contribution in [0.1, 0.15) is 0 Å². The summed E-state index contributed by atoms with van der Waals surface area (Å²) >= 11 is 0. The fraction of sp³-hybridized carbons (Fsp3) is 0. The van der Waals surface area contributed by atoms with Crippen molar-refractivity contribution >= 4 is 81.6 Å². The molecule has 12 aromatic rings. The molecule has 0 atom stereocenters. The second-order valence-electron chi connectivity index (χ2n) is 13.7. The van der Waals surface area contributed by atoms with E-state index >= 15 is 0 Å². The molecular weight excluding hydrogens is 633 g/mol. The fourth-order valence-electron chi connectivity index (χ4n) is 8.92. The van der Waals surface area contributed by atoms with Crippen LogP contribution in [0.25, 0.3) is 110 Å². The van der Waals surface area contributed by atoms with Gasteiger partial charge in [0.25, 0.3) is 0 Å². The molecule has 0 aliphatic rings. The van der Waals surface area contributed by atoms with Gasteiger partial charge in [0.15, 0.2) is 5.82 Å². The van der Waals surface area contributed by atoms with Gasteiger partial charge in [-0.05, 0) is 53.2 Å². The van der Waals surface area contributed by atoms with E-state index in [9.17, 15) is 0 Å². The zero-order chi connectivity index (χ0) is 33.9. The lowest BCUT2D eigenvalue weighted by Crippen LogP contribution is -1.99. The van der Waals surface area contributed by atoms with E-state index in [1.165, 1.54) is 59.9 Å². The second kappa shape index (κ2) is 10.3. The molecule has 4 heteroatoms. The van der Waals surface area contributed by atoms with Crippen molar-refractivity contribution in [1.29, 1.82) is 0 Å². The third kappa shape index (κ3) is 3.60. The average Bonchev–Trinajstić information content (AvgIpc) is 3.69. The molecule has 0 aliphatic heterocycles. The lowest BCUT2D eigenvalue weighted by Gasteiger charge is -2.15. The second-order valence-corrected chi connectivity index (χ2v) is 13.7. The van der Waals surface area contributed by atoms with Crippen molar-refractivity contribution in [2.75, 3.05) is 0 Å². The molecule has 0 saturated carbocycles. The standard InChI is InChI=1S/C48H28N4/c1-2-13-29(14-3-1)46-37-19-6-9-21-38(37)49-48(50-46)36-26-27-41(31-16-5-4-15-30(31)36)51-42-24-12-20-34-32-17-7-10-22-39(32)52-40-23-11-8-18-33(40)35-25-28-43(51)45(44(34)42)47(35)52/h1-28H. The average molecular weight is 661 g/mol. The van der Waals surface area contributed by atoms with Crippen LogP contribution in [0.15, 0.2) is 170 Å². The Bertz CT molecular complexity index is 3410. The van der Waals surface area contributed by atoms with Crippen LogP contribution in [-0.2, 0) is 0 Å². The Labute approximate surface area is 297 Å². The van der Waals surface area contributed by atoms with Crippen LogP contribution >= 0.6 is 0 Å². The van der Waals surface area contributed by atoms with Crippen LogP contribution in [-0.4, -0.2) is 18.9 Å². The normalized spacial score (nSPS) is 12.2. The minimum atomic E-state index is 0.724. The molecular formula is C48H28N4. The highest BCUT2D eigenvalue weighted by Crippen LogP contribution is 2.46. The first-order chi connectivity index (χ1) is 25.8. The molecule has 0 radical (unpaired) electrons. The Balaban J connectivity index is 1.20. The summed E-state index contributed by atoms with van der Waals surface area (Å²) in [7, 11) is 0. The van der Waals surface area contributed by atoms with Crippen molar-refractivity contribution in [1.82, 2.24) is 18.9 Å². The zero-order valence-electron chi connectivity index (χ0n) is 28.0. The van der Waals surface area contributed by atoms with Gasteiger partial charge in [0.05, 0.1) is 44.5 Å². The van der Waals surface area contributed by atoms with Gasteiger partial charge in [-0.25, -0.2) is 9.97 Å². The smallest absolute Gasteiger partial charge is 0.161 e. The molecule has 4 heterocycles.